The second-order valence-electron chi connectivity index (χ2n) is 6.92. The van der Waals surface area contributed by atoms with Gasteiger partial charge in [0.15, 0.2) is 0 Å². The molecule has 0 bridgehead atoms. The van der Waals surface area contributed by atoms with Crippen molar-refractivity contribution in [3.8, 4) is 0 Å². The Labute approximate surface area is 148 Å². The highest BCUT2D eigenvalue weighted by Crippen LogP contribution is 2.33. The molecule has 3 aromatic rings. The van der Waals surface area contributed by atoms with Crippen LogP contribution in [0.2, 0.25) is 0 Å². The van der Waals surface area contributed by atoms with Crippen LogP contribution < -0.4 is 0 Å². The summed E-state index contributed by atoms with van der Waals surface area (Å²) in [5.74, 6) is 0. The number of nitrogens with zero attached hydrogens (tertiary/aromatic N) is 3. The van der Waals surface area contributed by atoms with Gasteiger partial charge in [-0.3, -0.25) is 4.90 Å². The summed E-state index contributed by atoms with van der Waals surface area (Å²) in [5, 5.41) is 11.0. The Morgan fingerprint density at radius 2 is 1.52 bits per heavy atom. The van der Waals surface area contributed by atoms with Crippen LogP contribution in [0.5, 0.6) is 0 Å². The van der Waals surface area contributed by atoms with Gasteiger partial charge < -0.3 is 5.11 Å². The van der Waals surface area contributed by atoms with Gasteiger partial charge in [0.05, 0.1) is 28.0 Å². The highest BCUT2D eigenvalue weighted by molar-refractivity contribution is 5.74. The zero-order valence-electron chi connectivity index (χ0n) is 14.5. The minimum atomic E-state index is -0.706. The van der Waals surface area contributed by atoms with E-state index in [1.807, 2.05) is 61.5 Å². The fraction of sp³-hybridized carbons (Fsp3) is 0.333. The van der Waals surface area contributed by atoms with Crippen LogP contribution in [0.15, 0.2) is 54.6 Å². The first-order chi connectivity index (χ1) is 12.1. The van der Waals surface area contributed by atoms with Crippen LogP contribution >= 0.6 is 0 Å². The molecule has 0 aliphatic carbocycles. The Morgan fingerprint density at radius 1 is 0.920 bits per heavy atom. The molecule has 4 rings (SSSR count). The molecule has 4 heteroatoms. The van der Waals surface area contributed by atoms with Crippen LogP contribution in [-0.2, 0) is 12.1 Å². The van der Waals surface area contributed by atoms with Gasteiger partial charge in [-0.2, -0.15) is 0 Å². The molecule has 0 spiro atoms. The molecule has 1 aliphatic heterocycles. The Kier molecular flexibility index (Phi) is 4.24. The predicted molar refractivity (Wildman–Crippen MR) is 99.1 cm³/mol. The van der Waals surface area contributed by atoms with E-state index in [9.17, 15) is 5.11 Å². The zero-order chi connectivity index (χ0) is 17.3. The van der Waals surface area contributed by atoms with Crippen molar-refractivity contribution < 1.29 is 5.11 Å². The molecule has 0 saturated carbocycles. The fourth-order valence-corrected chi connectivity index (χ4v) is 3.60. The highest BCUT2D eigenvalue weighted by atomic mass is 16.3. The molecule has 4 nitrogen and oxygen atoms in total. The van der Waals surface area contributed by atoms with Crippen molar-refractivity contribution in [2.45, 2.75) is 31.9 Å². The second-order valence-corrected chi connectivity index (χ2v) is 6.92. The molecule has 1 N–H and O–H groups in total. The SMILES string of the molecule is Cc1nc2ccccc2nc1CN1CCC(O)(c2ccccc2)CC1. The van der Waals surface area contributed by atoms with E-state index in [-0.39, 0.29) is 0 Å². The van der Waals surface area contributed by atoms with Crippen LogP contribution in [0.1, 0.15) is 29.8 Å². The van der Waals surface area contributed by atoms with Crippen molar-refractivity contribution in [1.82, 2.24) is 14.9 Å². The number of aromatic nitrogens is 2. The maximum absolute atomic E-state index is 11.0. The van der Waals surface area contributed by atoms with Gasteiger partial charge in [0.2, 0.25) is 0 Å². The van der Waals surface area contributed by atoms with Crippen molar-refractivity contribution in [3.63, 3.8) is 0 Å². The molecule has 1 aliphatic rings. The molecule has 1 fully saturated rings. The number of benzene rings is 2. The minimum absolute atomic E-state index is 0.706. The third-order valence-electron chi connectivity index (χ3n) is 5.21. The van der Waals surface area contributed by atoms with E-state index in [1.165, 1.54) is 0 Å². The number of hydrogen-bond acceptors (Lipinski definition) is 4. The first-order valence-corrected chi connectivity index (χ1v) is 8.87. The molecule has 0 radical (unpaired) electrons. The average molecular weight is 333 g/mol. The molecule has 1 saturated heterocycles. The number of aryl methyl sites for hydroxylation is 1. The maximum atomic E-state index is 11.0. The summed E-state index contributed by atoms with van der Waals surface area (Å²) < 4.78 is 0. The lowest BCUT2D eigenvalue weighted by atomic mass is 9.84. The topological polar surface area (TPSA) is 49.2 Å². The maximum Gasteiger partial charge on any atom is 0.0920 e. The van der Waals surface area contributed by atoms with Gasteiger partial charge in [-0.25, -0.2) is 9.97 Å². The lowest BCUT2D eigenvalue weighted by Gasteiger charge is -2.38. The molecule has 128 valence electrons. The first kappa shape index (κ1) is 16.2. The third kappa shape index (κ3) is 3.28. The van der Waals surface area contributed by atoms with Gasteiger partial charge in [-0.05, 0) is 37.5 Å². The second kappa shape index (κ2) is 6.54. The summed E-state index contributed by atoms with van der Waals surface area (Å²) in [4.78, 5) is 11.8. The summed E-state index contributed by atoms with van der Waals surface area (Å²) in [6, 6.07) is 18.0. The van der Waals surface area contributed by atoms with E-state index in [1.54, 1.807) is 0 Å². The van der Waals surface area contributed by atoms with Gasteiger partial charge in [0, 0.05) is 19.6 Å². The van der Waals surface area contributed by atoms with Crippen molar-refractivity contribution >= 4 is 11.0 Å². The van der Waals surface area contributed by atoms with Crippen LogP contribution in [0, 0.1) is 6.92 Å². The van der Waals surface area contributed by atoms with Crippen molar-refractivity contribution in [3.05, 3.63) is 71.5 Å². The monoisotopic (exact) mass is 333 g/mol. The summed E-state index contributed by atoms with van der Waals surface area (Å²) in [6.45, 7) is 4.53. The smallest absolute Gasteiger partial charge is 0.0920 e. The standard InChI is InChI=1S/C21H23N3O/c1-16-20(23-19-10-6-5-9-18(19)22-16)15-24-13-11-21(25,12-14-24)17-7-3-2-4-8-17/h2-10,25H,11-15H2,1H3. The summed E-state index contributed by atoms with van der Waals surface area (Å²) in [7, 11) is 0. The van der Waals surface area contributed by atoms with Crippen molar-refractivity contribution in [2.75, 3.05) is 13.1 Å². The van der Waals surface area contributed by atoms with E-state index in [4.69, 9.17) is 4.98 Å². The summed E-state index contributed by atoms with van der Waals surface area (Å²) in [6.07, 6.45) is 1.49. The molecule has 2 heterocycles. The predicted octanol–water partition coefficient (Wildman–Crippen LogP) is 3.42. The quantitative estimate of drug-likeness (QED) is 0.798. The van der Waals surface area contributed by atoms with Crippen LogP contribution in [0.3, 0.4) is 0 Å². The minimum Gasteiger partial charge on any atom is -0.385 e. The molecular weight excluding hydrogens is 310 g/mol. The molecule has 0 unspecified atom stereocenters. The summed E-state index contributed by atoms with van der Waals surface area (Å²) in [5.41, 5.74) is 4.23. The van der Waals surface area contributed by atoms with Gasteiger partial charge in [-0.15, -0.1) is 0 Å². The third-order valence-corrected chi connectivity index (χ3v) is 5.21. The van der Waals surface area contributed by atoms with Crippen LogP contribution in [0.4, 0.5) is 0 Å². The number of hydrogen-bond donors (Lipinski definition) is 1. The zero-order valence-corrected chi connectivity index (χ0v) is 14.5. The summed E-state index contributed by atoms with van der Waals surface area (Å²) >= 11 is 0. The van der Waals surface area contributed by atoms with E-state index >= 15 is 0 Å². The van der Waals surface area contributed by atoms with E-state index < -0.39 is 5.60 Å². The fourth-order valence-electron chi connectivity index (χ4n) is 3.60. The Balaban J connectivity index is 1.48. The van der Waals surface area contributed by atoms with E-state index in [0.29, 0.717) is 0 Å². The number of para-hydroxylation sites is 2. The van der Waals surface area contributed by atoms with Crippen LogP contribution in [0.25, 0.3) is 11.0 Å². The molecule has 0 atom stereocenters. The molecular formula is C21H23N3O. The van der Waals surface area contributed by atoms with Gasteiger partial charge in [0.25, 0.3) is 0 Å². The lowest BCUT2D eigenvalue weighted by Crippen LogP contribution is -2.42. The Bertz CT molecular complexity index is 871. The number of piperidine rings is 1. The molecule has 2 aromatic carbocycles. The normalized spacial score (nSPS) is 17.7. The molecule has 1 aromatic heterocycles. The average Bonchev–Trinajstić information content (AvgIpc) is 2.65. The van der Waals surface area contributed by atoms with Gasteiger partial charge in [-0.1, -0.05) is 42.5 Å². The van der Waals surface area contributed by atoms with Gasteiger partial charge in [0.1, 0.15) is 0 Å². The van der Waals surface area contributed by atoms with Gasteiger partial charge >= 0.3 is 0 Å². The van der Waals surface area contributed by atoms with Crippen molar-refractivity contribution in [2.24, 2.45) is 0 Å². The first-order valence-electron chi connectivity index (χ1n) is 8.87. The Morgan fingerprint density at radius 3 is 2.20 bits per heavy atom. The number of fused-ring (bicyclic) bond motifs is 1. The van der Waals surface area contributed by atoms with E-state index in [0.717, 1.165) is 60.5 Å². The number of rotatable bonds is 3. The molecule has 25 heavy (non-hydrogen) atoms. The van der Waals surface area contributed by atoms with Crippen LogP contribution in [-0.4, -0.2) is 33.1 Å². The number of likely N-dealkylation sites (tertiary alicyclic amines) is 1. The molecule has 0 amide bonds. The Hall–Kier alpha value is -2.30. The van der Waals surface area contributed by atoms with Crippen molar-refractivity contribution in [1.29, 1.82) is 0 Å². The highest BCUT2D eigenvalue weighted by Gasteiger charge is 2.33. The van der Waals surface area contributed by atoms with E-state index in [2.05, 4.69) is 9.88 Å². The number of aliphatic hydroxyl groups is 1. The largest absolute Gasteiger partial charge is 0.385 e. The lowest BCUT2D eigenvalue weighted by molar-refractivity contribution is -0.0280.